The largest absolute Gasteiger partial charge is 0.397 e. The molecule has 134 valence electrons. The molecule has 0 fully saturated rings. The van der Waals surface area contributed by atoms with Crippen molar-refractivity contribution in [3.05, 3.63) is 89.2 Å². The van der Waals surface area contributed by atoms with Crippen molar-refractivity contribution in [1.29, 1.82) is 0 Å². The number of imidazole rings is 1. The first-order valence-electron chi connectivity index (χ1n) is 8.46. The number of para-hydroxylation sites is 4. The molecule has 0 radical (unpaired) electrons. The van der Waals surface area contributed by atoms with Gasteiger partial charge in [-0.05, 0) is 42.0 Å². The smallest absolute Gasteiger partial charge is 0.255 e. The van der Waals surface area contributed by atoms with E-state index in [1.165, 1.54) is 0 Å². The number of nitrogens with zero attached hydrogens (tertiary/aromatic N) is 2. The number of carbonyl (C=O) groups excluding carboxylic acids is 1. The fourth-order valence-corrected chi connectivity index (χ4v) is 3.18. The van der Waals surface area contributed by atoms with E-state index in [0.717, 1.165) is 16.6 Å². The summed E-state index contributed by atoms with van der Waals surface area (Å²) in [6, 6.07) is 20.3. The van der Waals surface area contributed by atoms with Gasteiger partial charge in [0, 0.05) is 10.6 Å². The molecule has 1 aromatic heterocycles. The number of carbonyl (C=O) groups is 1. The van der Waals surface area contributed by atoms with Crippen molar-refractivity contribution in [3.63, 3.8) is 0 Å². The van der Waals surface area contributed by atoms with E-state index in [0.29, 0.717) is 28.5 Å². The van der Waals surface area contributed by atoms with E-state index in [-0.39, 0.29) is 5.91 Å². The molecule has 27 heavy (non-hydrogen) atoms. The third-order valence-corrected chi connectivity index (χ3v) is 4.74. The standard InChI is InChI=1S/C21H17ClN4O/c22-16-11-14(21(27)25-18-6-2-1-5-17(18)23)9-10-15(16)12-26-13-24-19-7-3-4-8-20(19)26/h1-11,13H,12,23H2,(H,25,27). The zero-order chi connectivity index (χ0) is 18.8. The number of amides is 1. The second-order valence-corrected chi connectivity index (χ2v) is 6.62. The van der Waals surface area contributed by atoms with Gasteiger partial charge in [0.2, 0.25) is 0 Å². The molecule has 0 aliphatic heterocycles. The van der Waals surface area contributed by atoms with Crippen LogP contribution in [0.3, 0.4) is 0 Å². The number of rotatable bonds is 4. The third kappa shape index (κ3) is 3.50. The first-order chi connectivity index (χ1) is 13.1. The summed E-state index contributed by atoms with van der Waals surface area (Å²) in [4.78, 5) is 16.9. The summed E-state index contributed by atoms with van der Waals surface area (Å²) in [6.45, 7) is 0.576. The van der Waals surface area contributed by atoms with E-state index < -0.39 is 0 Å². The van der Waals surface area contributed by atoms with Gasteiger partial charge in [-0.3, -0.25) is 4.79 Å². The lowest BCUT2D eigenvalue weighted by Gasteiger charge is -2.10. The number of fused-ring (bicyclic) bond motifs is 1. The van der Waals surface area contributed by atoms with Crippen LogP contribution in [0, 0.1) is 0 Å². The first-order valence-corrected chi connectivity index (χ1v) is 8.84. The molecule has 0 unspecified atom stereocenters. The Labute approximate surface area is 161 Å². The normalized spacial score (nSPS) is 10.9. The molecule has 4 rings (SSSR count). The van der Waals surface area contributed by atoms with Crippen molar-refractivity contribution in [2.45, 2.75) is 6.54 Å². The molecular weight excluding hydrogens is 360 g/mol. The van der Waals surface area contributed by atoms with Crippen LogP contribution >= 0.6 is 11.6 Å². The SMILES string of the molecule is Nc1ccccc1NC(=O)c1ccc(Cn2cnc3ccccc32)c(Cl)c1. The van der Waals surface area contributed by atoms with Crippen molar-refractivity contribution >= 4 is 39.9 Å². The van der Waals surface area contributed by atoms with Crippen molar-refractivity contribution in [2.75, 3.05) is 11.1 Å². The van der Waals surface area contributed by atoms with Crippen LogP contribution in [0.25, 0.3) is 11.0 Å². The Morgan fingerprint density at radius 1 is 1.07 bits per heavy atom. The van der Waals surface area contributed by atoms with Crippen LogP contribution in [0.1, 0.15) is 15.9 Å². The fraction of sp³-hybridized carbons (Fsp3) is 0.0476. The van der Waals surface area contributed by atoms with Crippen LogP contribution in [-0.2, 0) is 6.54 Å². The summed E-state index contributed by atoms with van der Waals surface area (Å²) in [5.74, 6) is -0.255. The maximum Gasteiger partial charge on any atom is 0.255 e. The molecule has 3 aromatic carbocycles. The molecule has 0 saturated carbocycles. The lowest BCUT2D eigenvalue weighted by molar-refractivity contribution is 0.102. The predicted molar refractivity (Wildman–Crippen MR) is 109 cm³/mol. The van der Waals surface area contributed by atoms with E-state index in [2.05, 4.69) is 10.3 Å². The van der Waals surface area contributed by atoms with Gasteiger partial charge in [-0.25, -0.2) is 4.98 Å². The molecule has 0 spiro atoms. The van der Waals surface area contributed by atoms with Gasteiger partial charge in [-0.15, -0.1) is 0 Å². The average molecular weight is 377 g/mol. The Balaban J connectivity index is 1.55. The highest BCUT2D eigenvalue weighted by atomic mass is 35.5. The quantitative estimate of drug-likeness (QED) is 0.512. The maximum atomic E-state index is 12.5. The molecule has 0 aliphatic carbocycles. The number of benzene rings is 3. The molecule has 6 heteroatoms. The lowest BCUT2D eigenvalue weighted by Crippen LogP contribution is -2.13. The molecule has 4 aromatic rings. The predicted octanol–water partition coefficient (Wildman–Crippen LogP) is 4.57. The van der Waals surface area contributed by atoms with Gasteiger partial charge < -0.3 is 15.6 Å². The van der Waals surface area contributed by atoms with Gasteiger partial charge in [0.1, 0.15) is 0 Å². The summed E-state index contributed by atoms with van der Waals surface area (Å²) in [7, 11) is 0. The van der Waals surface area contributed by atoms with Crippen LogP contribution in [0.4, 0.5) is 11.4 Å². The third-order valence-electron chi connectivity index (χ3n) is 4.39. The molecular formula is C21H17ClN4O. The van der Waals surface area contributed by atoms with Gasteiger partial charge in [0.25, 0.3) is 5.91 Å². The second kappa shape index (κ2) is 7.13. The zero-order valence-electron chi connectivity index (χ0n) is 14.4. The minimum atomic E-state index is -0.255. The second-order valence-electron chi connectivity index (χ2n) is 6.21. The Morgan fingerprint density at radius 3 is 2.67 bits per heavy atom. The number of nitrogens with two attached hydrogens (primary N) is 1. The first kappa shape index (κ1) is 17.1. The number of hydrogen-bond donors (Lipinski definition) is 2. The van der Waals surface area contributed by atoms with Crippen molar-refractivity contribution in [1.82, 2.24) is 9.55 Å². The molecule has 0 atom stereocenters. The Morgan fingerprint density at radius 2 is 1.85 bits per heavy atom. The molecule has 0 aliphatic rings. The Bertz CT molecular complexity index is 1140. The molecule has 0 saturated heterocycles. The van der Waals surface area contributed by atoms with E-state index in [1.807, 2.05) is 47.0 Å². The van der Waals surface area contributed by atoms with Crippen LogP contribution in [0.15, 0.2) is 73.1 Å². The maximum absolute atomic E-state index is 12.5. The summed E-state index contributed by atoms with van der Waals surface area (Å²) in [5.41, 5.74) is 10.3. The minimum absolute atomic E-state index is 0.255. The number of aromatic nitrogens is 2. The van der Waals surface area contributed by atoms with E-state index in [9.17, 15) is 4.79 Å². The molecule has 1 amide bonds. The Kier molecular flexibility index (Phi) is 4.52. The molecule has 3 N–H and O–H groups in total. The van der Waals surface area contributed by atoms with Crippen LogP contribution in [-0.4, -0.2) is 15.5 Å². The number of nitrogen functional groups attached to an aromatic ring is 1. The van der Waals surface area contributed by atoms with Gasteiger partial charge in [0.15, 0.2) is 0 Å². The number of nitrogens with one attached hydrogen (secondary N) is 1. The summed E-state index contributed by atoms with van der Waals surface area (Å²) < 4.78 is 2.03. The average Bonchev–Trinajstić information content (AvgIpc) is 3.08. The summed E-state index contributed by atoms with van der Waals surface area (Å²) in [6.07, 6.45) is 1.79. The number of halogens is 1. The van der Waals surface area contributed by atoms with Crippen LogP contribution < -0.4 is 11.1 Å². The van der Waals surface area contributed by atoms with E-state index in [4.69, 9.17) is 17.3 Å². The molecule has 5 nitrogen and oxygen atoms in total. The monoisotopic (exact) mass is 376 g/mol. The van der Waals surface area contributed by atoms with Crippen molar-refractivity contribution in [2.24, 2.45) is 0 Å². The fourth-order valence-electron chi connectivity index (χ4n) is 2.94. The van der Waals surface area contributed by atoms with Gasteiger partial charge in [-0.2, -0.15) is 0 Å². The van der Waals surface area contributed by atoms with Crippen molar-refractivity contribution in [3.8, 4) is 0 Å². The Hall–Kier alpha value is -3.31. The molecule has 0 bridgehead atoms. The highest BCUT2D eigenvalue weighted by Gasteiger charge is 2.11. The molecule has 1 heterocycles. The van der Waals surface area contributed by atoms with Gasteiger partial charge >= 0.3 is 0 Å². The lowest BCUT2D eigenvalue weighted by atomic mass is 10.1. The van der Waals surface area contributed by atoms with E-state index in [1.54, 1.807) is 30.6 Å². The topological polar surface area (TPSA) is 72.9 Å². The van der Waals surface area contributed by atoms with E-state index >= 15 is 0 Å². The number of hydrogen-bond acceptors (Lipinski definition) is 3. The van der Waals surface area contributed by atoms with Crippen molar-refractivity contribution < 1.29 is 4.79 Å². The highest BCUT2D eigenvalue weighted by molar-refractivity contribution is 6.31. The van der Waals surface area contributed by atoms with Crippen LogP contribution in [0.2, 0.25) is 5.02 Å². The summed E-state index contributed by atoms with van der Waals surface area (Å²) in [5, 5.41) is 3.33. The van der Waals surface area contributed by atoms with Gasteiger partial charge in [0.05, 0.1) is 35.3 Å². The van der Waals surface area contributed by atoms with Crippen LogP contribution in [0.5, 0.6) is 0 Å². The highest BCUT2D eigenvalue weighted by Crippen LogP contribution is 2.23. The minimum Gasteiger partial charge on any atom is -0.397 e. The zero-order valence-corrected chi connectivity index (χ0v) is 15.1. The van der Waals surface area contributed by atoms with Gasteiger partial charge in [-0.1, -0.05) is 41.9 Å². The summed E-state index contributed by atoms with van der Waals surface area (Å²) >= 11 is 6.44. The number of anilines is 2.